The summed E-state index contributed by atoms with van der Waals surface area (Å²) in [5.41, 5.74) is 0. The van der Waals surface area contributed by atoms with Crippen molar-refractivity contribution in [2.75, 3.05) is 33.0 Å². The predicted octanol–water partition coefficient (Wildman–Crippen LogP) is 2.32. The smallest absolute Gasteiger partial charge is 0.222 e. The molecular weight excluding hydrogens is 360 g/mol. The van der Waals surface area contributed by atoms with E-state index in [2.05, 4.69) is 5.32 Å². The van der Waals surface area contributed by atoms with Crippen LogP contribution in [0.3, 0.4) is 0 Å². The zero-order valence-corrected chi connectivity index (χ0v) is 18.0. The third kappa shape index (κ3) is 9.64. The first-order valence-corrected chi connectivity index (χ1v) is 10.6. The van der Waals surface area contributed by atoms with E-state index in [4.69, 9.17) is 9.47 Å². The van der Waals surface area contributed by atoms with Gasteiger partial charge in [0.05, 0.1) is 26.4 Å². The summed E-state index contributed by atoms with van der Waals surface area (Å²) < 4.78 is 11.0. The van der Waals surface area contributed by atoms with Crippen LogP contribution in [0.4, 0.5) is 0 Å². The van der Waals surface area contributed by atoms with Crippen LogP contribution in [0.1, 0.15) is 66.2 Å². The summed E-state index contributed by atoms with van der Waals surface area (Å²) >= 11 is 0. The highest BCUT2D eigenvalue weighted by molar-refractivity contribution is 5.78. The van der Waals surface area contributed by atoms with Crippen LogP contribution in [-0.2, 0) is 23.9 Å². The molecule has 0 spiro atoms. The lowest BCUT2D eigenvalue weighted by Crippen LogP contribution is -2.39. The maximum absolute atomic E-state index is 12.0. The SMILES string of the molecule is CCC(=O)N(CCOCCOCCC(=O)NC1CCC(C(C)=O)CC1)C(C)C. The number of hydrogen-bond acceptors (Lipinski definition) is 5. The standard InChI is InChI=1S/C21H38N2O5/c1-5-21(26)23(16(2)3)11-13-28-15-14-27-12-10-20(25)22-19-8-6-18(7-9-19)17(4)24/h16,18-19H,5-15H2,1-4H3,(H,22,25). The second kappa shape index (κ2) is 13.7. The highest BCUT2D eigenvalue weighted by atomic mass is 16.5. The summed E-state index contributed by atoms with van der Waals surface area (Å²) in [4.78, 5) is 37.0. The Bertz CT molecular complexity index is 487. The first kappa shape index (κ1) is 24.6. The van der Waals surface area contributed by atoms with Gasteiger partial charge in [-0.2, -0.15) is 0 Å². The molecule has 0 unspecified atom stereocenters. The van der Waals surface area contributed by atoms with Crippen molar-refractivity contribution in [1.82, 2.24) is 10.2 Å². The lowest BCUT2D eigenvalue weighted by molar-refractivity contribution is -0.133. The molecule has 28 heavy (non-hydrogen) atoms. The molecule has 162 valence electrons. The van der Waals surface area contributed by atoms with Gasteiger partial charge in [-0.05, 0) is 46.5 Å². The van der Waals surface area contributed by atoms with Crippen molar-refractivity contribution in [3.63, 3.8) is 0 Å². The zero-order valence-electron chi connectivity index (χ0n) is 18.0. The molecule has 0 aliphatic heterocycles. The van der Waals surface area contributed by atoms with Gasteiger partial charge in [-0.25, -0.2) is 0 Å². The van der Waals surface area contributed by atoms with Crippen LogP contribution in [0, 0.1) is 5.92 Å². The molecule has 1 aliphatic rings. The molecule has 0 aromatic rings. The summed E-state index contributed by atoms with van der Waals surface area (Å²) in [6, 6.07) is 0.351. The van der Waals surface area contributed by atoms with Crippen molar-refractivity contribution in [2.24, 2.45) is 5.92 Å². The average Bonchev–Trinajstić information content (AvgIpc) is 2.66. The fourth-order valence-electron chi connectivity index (χ4n) is 3.47. The Labute approximate surface area is 169 Å². The van der Waals surface area contributed by atoms with Crippen LogP contribution in [0.5, 0.6) is 0 Å². The van der Waals surface area contributed by atoms with E-state index in [1.807, 2.05) is 25.7 Å². The van der Waals surface area contributed by atoms with Crippen LogP contribution in [0.15, 0.2) is 0 Å². The van der Waals surface area contributed by atoms with Crippen molar-refractivity contribution in [3.8, 4) is 0 Å². The minimum Gasteiger partial charge on any atom is -0.379 e. The lowest BCUT2D eigenvalue weighted by Gasteiger charge is -2.27. The van der Waals surface area contributed by atoms with Gasteiger partial charge in [0.1, 0.15) is 5.78 Å². The summed E-state index contributed by atoms with van der Waals surface area (Å²) in [7, 11) is 0. The lowest BCUT2D eigenvalue weighted by atomic mass is 9.84. The van der Waals surface area contributed by atoms with E-state index >= 15 is 0 Å². The first-order chi connectivity index (χ1) is 13.3. The van der Waals surface area contributed by atoms with Crippen molar-refractivity contribution in [2.45, 2.75) is 78.3 Å². The molecule has 1 aliphatic carbocycles. The van der Waals surface area contributed by atoms with Gasteiger partial charge in [0, 0.05) is 37.4 Å². The zero-order chi connectivity index (χ0) is 20.9. The highest BCUT2D eigenvalue weighted by Crippen LogP contribution is 2.24. The Balaban J connectivity index is 2.02. The van der Waals surface area contributed by atoms with E-state index in [1.54, 1.807) is 6.92 Å². The molecule has 0 heterocycles. The Morgan fingerprint density at radius 2 is 1.61 bits per heavy atom. The molecule has 0 atom stereocenters. The maximum atomic E-state index is 12.0. The number of ketones is 1. The van der Waals surface area contributed by atoms with E-state index in [1.165, 1.54) is 0 Å². The van der Waals surface area contributed by atoms with Gasteiger partial charge in [-0.1, -0.05) is 6.92 Å². The van der Waals surface area contributed by atoms with Gasteiger partial charge in [0.25, 0.3) is 0 Å². The Morgan fingerprint density at radius 1 is 1.00 bits per heavy atom. The monoisotopic (exact) mass is 398 g/mol. The fourth-order valence-corrected chi connectivity index (χ4v) is 3.47. The number of rotatable bonds is 13. The molecule has 1 N–H and O–H groups in total. The second-order valence-electron chi connectivity index (χ2n) is 7.74. The summed E-state index contributed by atoms with van der Waals surface area (Å²) in [6.07, 6.45) is 4.32. The molecule has 7 heteroatoms. The van der Waals surface area contributed by atoms with Gasteiger partial charge in [-0.15, -0.1) is 0 Å². The largest absolute Gasteiger partial charge is 0.379 e. The van der Waals surface area contributed by atoms with Crippen molar-refractivity contribution < 1.29 is 23.9 Å². The summed E-state index contributed by atoms with van der Waals surface area (Å²) in [6.45, 7) is 9.81. The molecule has 0 aromatic heterocycles. The quantitative estimate of drug-likeness (QED) is 0.481. The Morgan fingerprint density at radius 3 is 2.14 bits per heavy atom. The predicted molar refractivity (Wildman–Crippen MR) is 108 cm³/mol. The molecular formula is C21H38N2O5. The number of carbonyl (C=O) groups excluding carboxylic acids is 3. The van der Waals surface area contributed by atoms with E-state index in [0.717, 1.165) is 25.7 Å². The molecule has 0 saturated heterocycles. The van der Waals surface area contributed by atoms with E-state index in [-0.39, 0.29) is 35.6 Å². The van der Waals surface area contributed by atoms with Crippen LogP contribution in [-0.4, -0.2) is 67.6 Å². The summed E-state index contributed by atoms with van der Waals surface area (Å²) in [5.74, 6) is 0.562. The van der Waals surface area contributed by atoms with E-state index < -0.39 is 0 Å². The van der Waals surface area contributed by atoms with Gasteiger partial charge < -0.3 is 19.7 Å². The third-order valence-electron chi connectivity index (χ3n) is 5.24. The minimum absolute atomic E-state index is 0.00199. The number of carbonyl (C=O) groups is 3. The number of nitrogens with zero attached hydrogens (tertiary/aromatic N) is 1. The van der Waals surface area contributed by atoms with Gasteiger partial charge in [0.15, 0.2) is 0 Å². The van der Waals surface area contributed by atoms with Gasteiger partial charge >= 0.3 is 0 Å². The Hall–Kier alpha value is -1.47. The molecule has 1 rings (SSSR count). The molecule has 2 amide bonds. The normalized spacial score (nSPS) is 19.5. The fraction of sp³-hybridized carbons (Fsp3) is 0.857. The van der Waals surface area contributed by atoms with Crippen molar-refractivity contribution >= 4 is 17.6 Å². The number of amides is 2. The van der Waals surface area contributed by atoms with Crippen LogP contribution in [0.2, 0.25) is 0 Å². The maximum Gasteiger partial charge on any atom is 0.222 e. The van der Waals surface area contributed by atoms with Gasteiger partial charge in [-0.3, -0.25) is 14.4 Å². The first-order valence-electron chi connectivity index (χ1n) is 10.6. The topological polar surface area (TPSA) is 84.9 Å². The second-order valence-corrected chi connectivity index (χ2v) is 7.74. The number of Topliss-reactive ketones (excluding diaryl/α,β-unsaturated/α-hetero) is 1. The van der Waals surface area contributed by atoms with E-state index in [9.17, 15) is 14.4 Å². The molecule has 0 bridgehead atoms. The number of nitrogens with one attached hydrogen (secondary N) is 1. The minimum atomic E-state index is -0.00199. The molecule has 0 radical (unpaired) electrons. The molecule has 1 fully saturated rings. The molecule has 0 aromatic carbocycles. The summed E-state index contributed by atoms with van der Waals surface area (Å²) in [5, 5.41) is 3.03. The molecule has 1 saturated carbocycles. The van der Waals surface area contributed by atoms with Crippen LogP contribution in [0.25, 0.3) is 0 Å². The number of hydrogen-bond donors (Lipinski definition) is 1. The average molecular weight is 399 g/mol. The van der Waals surface area contributed by atoms with Gasteiger partial charge in [0.2, 0.25) is 11.8 Å². The van der Waals surface area contributed by atoms with Crippen molar-refractivity contribution in [1.29, 1.82) is 0 Å². The third-order valence-corrected chi connectivity index (χ3v) is 5.24. The highest BCUT2D eigenvalue weighted by Gasteiger charge is 2.24. The van der Waals surface area contributed by atoms with Crippen LogP contribution < -0.4 is 5.32 Å². The van der Waals surface area contributed by atoms with E-state index in [0.29, 0.717) is 45.8 Å². The Kier molecular flexibility index (Phi) is 12.0. The number of ether oxygens (including phenoxy) is 2. The molecule has 7 nitrogen and oxygen atoms in total. The van der Waals surface area contributed by atoms with Crippen molar-refractivity contribution in [3.05, 3.63) is 0 Å². The van der Waals surface area contributed by atoms with Crippen LogP contribution >= 0.6 is 0 Å².